The summed E-state index contributed by atoms with van der Waals surface area (Å²) in [7, 11) is 0. The molecule has 0 fully saturated rings. The van der Waals surface area contributed by atoms with E-state index in [2.05, 4.69) is 9.97 Å². The Labute approximate surface area is 119 Å². The molecule has 0 spiro atoms. The van der Waals surface area contributed by atoms with Gasteiger partial charge in [-0.3, -0.25) is 4.79 Å². The highest BCUT2D eigenvalue weighted by Crippen LogP contribution is 2.23. The molecular weight excluding hydrogens is 274 g/mol. The molecule has 2 aromatic rings. The monoisotopic (exact) mass is 287 g/mol. The number of hydrogen-bond acceptors (Lipinski definition) is 3. The summed E-state index contributed by atoms with van der Waals surface area (Å²) in [4.78, 5) is 40.9. The van der Waals surface area contributed by atoms with Crippen LogP contribution in [0.4, 0.5) is 0 Å². The molecular formula is C14H13N3O4. The van der Waals surface area contributed by atoms with Gasteiger partial charge in [-0.2, -0.15) is 0 Å². The summed E-state index contributed by atoms with van der Waals surface area (Å²) in [6, 6.07) is 5.07. The topological polar surface area (TPSA) is 106 Å². The average molecular weight is 287 g/mol. The summed E-state index contributed by atoms with van der Waals surface area (Å²) in [5, 5.41) is 9.17. The fraction of sp³-hybridized carbons (Fsp3) is 0.214. The molecule has 1 amide bonds. The number of benzene rings is 1. The lowest BCUT2D eigenvalue weighted by Gasteiger charge is -2.29. The zero-order chi connectivity index (χ0) is 15.0. The Balaban J connectivity index is 1.88. The number of fused-ring (bicyclic) bond motifs is 1. The van der Waals surface area contributed by atoms with Crippen LogP contribution in [0.3, 0.4) is 0 Å². The zero-order valence-electron chi connectivity index (χ0n) is 11.0. The van der Waals surface area contributed by atoms with Gasteiger partial charge in [0, 0.05) is 19.3 Å². The first kappa shape index (κ1) is 13.2. The number of carboxylic acid groups (broad SMARTS) is 1. The van der Waals surface area contributed by atoms with Crippen LogP contribution in [-0.4, -0.2) is 38.4 Å². The number of H-pyrrole nitrogens is 2. The van der Waals surface area contributed by atoms with Gasteiger partial charge in [0.15, 0.2) is 0 Å². The minimum Gasteiger partial charge on any atom is -0.478 e. The van der Waals surface area contributed by atoms with Gasteiger partial charge >= 0.3 is 11.7 Å². The molecule has 0 unspecified atom stereocenters. The number of nitrogens with one attached hydrogen (secondary N) is 2. The number of imidazole rings is 1. The molecule has 0 atom stereocenters. The zero-order valence-corrected chi connectivity index (χ0v) is 11.0. The molecule has 7 heteroatoms. The minimum atomic E-state index is -0.957. The molecule has 0 saturated carbocycles. The predicted octanol–water partition coefficient (Wildman–Crippen LogP) is 0.600. The number of amides is 1. The van der Waals surface area contributed by atoms with Crippen LogP contribution in [0, 0.1) is 0 Å². The van der Waals surface area contributed by atoms with Crippen LogP contribution >= 0.6 is 0 Å². The van der Waals surface area contributed by atoms with Crippen molar-refractivity contribution in [2.24, 2.45) is 0 Å². The Kier molecular flexibility index (Phi) is 3.09. The van der Waals surface area contributed by atoms with Gasteiger partial charge in [-0.1, -0.05) is 12.1 Å². The number of nitrogens with zero attached hydrogens (tertiary/aromatic N) is 1. The first-order valence-corrected chi connectivity index (χ1v) is 6.47. The van der Waals surface area contributed by atoms with Crippen LogP contribution in [0.1, 0.15) is 32.0 Å². The van der Waals surface area contributed by atoms with Crippen molar-refractivity contribution < 1.29 is 14.7 Å². The number of hydrogen-bond donors (Lipinski definition) is 3. The highest BCUT2D eigenvalue weighted by molar-refractivity contribution is 5.93. The molecule has 3 rings (SSSR count). The van der Waals surface area contributed by atoms with Crippen LogP contribution < -0.4 is 5.69 Å². The van der Waals surface area contributed by atoms with E-state index >= 15 is 0 Å². The molecule has 0 aliphatic carbocycles. The van der Waals surface area contributed by atoms with Gasteiger partial charge in [0.05, 0.1) is 5.56 Å². The predicted molar refractivity (Wildman–Crippen MR) is 73.3 cm³/mol. The summed E-state index contributed by atoms with van der Waals surface area (Å²) in [5.74, 6) is -1.23. The number of rotatable bonds is 2. The van der Waals surface area contributed by atoms with Crippen molar-refractivity contribution in [3.05, 3.63) is 57.3 Å². The van der Waals surface area contributed by atoms with Crippen LogP contribution in [0.5, 0.6) is 0 Å². The third kappa shape index (κ3) is 2.33. The second kappa shape index (κ2) is 4.93. The molecule has 108 valence electrons. The van der Waals surface area contributed by atoms with E-state index < -0.39 is 11.7 Å². The van der Waals surface area contributed by atoms with Crippen LogP contribution in [0.2, 0.25) is 0 Å². The second-order valence-corrected chi connectivity index (χ2v) is 4.88. The first-order valence-electron chi connectivity index (χ1n) is 6.47. The molecule has 0 bridgehead atoms. The molecule has 1 aliphatic heterocycles. The molecule has 1 aromatic heterocycles. The summed E-state index contributed by atoms with van der Waals surface area (Å²) in [5.41, 5.74) is 1.67. The number of aromatic carboxylic acids is 1. The quantitative estimate of drug-likeness (QED) is 0.752. The van der Waals surface area contributed by atoms with Gasteiger partial charge in [0.1, 0.15) is 5.69 Å². The van der Waals surface area contributed by atoms with E-state index in [4.69, 9.17) is 0 Å². The van der Waals surface area contributed by atoms with Gasteiger partial charge in [0.2, 0.25) is 0 Å². The van der Waals surface area contributed by atoms with Gasteiger partial charge in [0.25, 0.3) is 5.91 Å². The summed E-state index contributed by atoms with van der Waals surface area (Å²) >= 11 is 0. The van der Waals surface area contributed by atoms with Gasteiger partial charge in [-0.05, 0) is 23.6 Å². The van der Waals surface area contributed by atoms with Crippen molar-refractivity contribution in [2.45, 2.75) is 13.0 Å². The van der Waals surface area contributed by atoms with Gasteiger partial charge in [-0.15, -0.1) is 0 Å². The summed E-state index contributed by atoms with van der Waals surface area (Å²) in [6.45, 7) is 0.756. The van der Waals surface area contributed by atoms with E-state index in [0.717, 1.165) is 11.1 Å². The second-order valence-electron chi connectivity index (χ2n) is 4.88. The molecule has 21 heavy (non-hydrogen) atoms. The van der Waals surface area contributed by atoms with E-state index in [-0.39, 0.29) is 17.2 Å². The SMILES string of the molecule is O=C(O)c1cccc2c1CCN(C(=O)c1c[nH]c(=O)[nH]1)C2. The van der Waals surface area contributed by atoms with Gasteiger partial charge in [-0.25, -0.2) is 9.59 Å². The maximum atomic E-state index is 12.3. The fourth-order valence-corrected chi connectivity index (χ4v) is 2.60. The number of carbonyl (C=O) groups excluding carboxylic acids is 1. The normalized spacial score (nSPS) is 13.8. The van der Waals surface area contributed by atoms with Crippen LogP contribution in [0.15, 0.2) is 29.2 Å². The van der Waals surface area contributed by atoms with Crippen molar-refractivity contribution in [3.63, 3.8) is 0 Å². The van der Waals surface area contributed by atoms with Crippen molar-refractivity contribution >= 4 is 11.9 Å². The Bertz CT molecular complexity index is 775. The number of carbonyl (C=O) groups is 2. The number of carboxylic acids is 1. The van der Waals surface area contributed by atoms with Crippen LogP contribution in [-0.2, 0) is 13.0 Å². The lowest BCUT2D eigenvalue weighted by molar-refractivity contribution is 0.0694. The first-order chi connectivity index (χ1) is 10.1. The van der Waals surface area contributed by atoms with E-state index in [1.807, 2.05) is 6.07 Å². The Morgan fingerprint density at radius 3 is 2.76 bits per heavy atom. The van der Waals surface area contributed by atoms with Crippen molar-refractivity contribution in [1.29, 1.82) is 0 Å². The van der Waals surface area contributed by atoms with E-state index in [1.54, 1.807) is 17.0 Å². The summed E-state index contributed by atoms with van der Waals surface area (Å²) < 4.78 is 0. The van der Waals surface area contributed by atoms with Crippen molar-refractivity contribution in [2.75, 3.05) is 6.54 Å². The molecule has 2 heterocycles. The third-order valence-corrected chi connectivity index (χ3v) is 3.61. The third-order valence-electron chi connectivity index (χ3n) is 3.61. The highest BCUT2D eigenvalue weighted by atomic mass is 16.4. The van der Waals surface area contributed by atoms with Gasteiger partial charge < -0.3 is 20.0 Å². The lowest BCUT2D eigenvalue weighted by atomic mass is 9.94. The smallest absolute Gasteiger partial charge is 0.335 e. The van der Waals surface area contributed by atoms with Crippen molar-refractivity contribution in [3.8, 4) is 0 Å². The molecule has 1 aliphatic rings. The molecule has 0 saturated heterocycles. The van der Waals surface area contributed by atoms with E-state index in [0.29, 0.717) is 19.5 Å². The largest absolute Gasteiger partial charge is 0.478 e. The van der Waals surface area contributed by atoms with E-state index in [1.165, 1.54) is 6.20 Å². The molecule has 0 radical (unpaired) electrons. The molecule has 7 nitrogen and oxygen atoms in total. The Morgan fingerprint density at radius 1 is 1.29 bits per heavy atom. The number of aromatic amines is 2. The Morgan fingerprint density at radius 2 is 2.10 bits per heavy atom. The maximum absolute atomic E-state index is 12.3. The molecule has 3 N–H and O–H groups in total. The van der Waals surface area contributed by atoms with E-state index in [9.17, 15) is 19.5 Å². The minimum absolute atomic E-state index is 0.206. The molecule has 1 aromatic carbocycles. The fourth-order valence-electron chi connectivity index (χ4n) is 2.60. The highest BCUT2D eigenvalue weighted by Gasteiger charge is 2.25. The summed E-state index contributed by atoms with van der Waals surface area (Å²) in [6.07, 6.45) is 1.83. The lowest BCUT2D eigenvalue weighted by Crippen LogP contribution is -2.37. The number of aromatic nitrogens is 2. The average Bonchev–Trinajstić information content (AvgIpc) is 2.91. The maximum Gasteiger partial charge on any atom is 0.335 e. The van der Waals surface area contributed by atoms with Crippen molar-refractivity contribution in [1.82, 2.24) is 14.9 Å². The van der Waals surface area contributed by atoms with Crippen LogP contribution in [0.25, 0.3) is 0 Å². The Hall–Kier alpha value is -2.83. The standard InChI is InChI=1S/C14H13N3O4/c18-12(11-6-15-14(21)16-11)17-5-4-9-8(7-17)2-1-3-10(9)13(19)20/h1-3,6H,4-5,7H2,(H,19,20)(H2,15,16,21).